The number of benzene rings is 2. The zero-order chi connectivity index (χ0) is 23.8. The molecule has 5 rings (SSSR count). The van der Waals surface area contributed by atoms with E-state index in [1.165, 1.54) is 0 Å². The third-order valence-corrected chi connectivity index (χ3v) is 6.75. The SMILES string of the molecule is COc1ccc(C(O)=C2C(=O)C(=O)N(c3ccc(-c4cc(C)no4)cc3)C2C2CCCC2)cc1. The summed E-state index contributed by atoms with van der Waals surface area (Å²) in [5.41, 5.74) is 2.89. The van der Waals surface area contributed by atoms with Gasteiger partial charge in [0.2, 0.25) is 0 Å². The number of carbonyl (C=O) groups excluding carboxylic acids is 2. The number of aromatic nitrogens is 1. The molecular weight excluding hydrogens is 432 g/mol. The molecule has 1 unspecified atom stereocenters. The Morgan fingerprint density at radius 2 is 1.74 bits per heavy atom. The topological polar surface area (TPSA) is 92.9 Å². The monoisotopic (exact) mass is 458 g/mol. The highest BCUT2D eigenvalue weighted by Crippen LogP contribution is 2.42. The molecule has 7 heteroatoms. The van der Waals surface area contributed by atoms with E-state index in [1.54, 1.807) is 36.3 Å². The molecule has 2 fully saturated rings. The summed E-state index contributed by atoms with van der Waals surface area (Å²) in [6.45, 7) is 1.85. The first-order valence-corrected chi connectivity index (χ1v) is 11.5. The second-order valence-corrected chi connectivity index (χ2v) is 8.86. The van der Waals surface area contributed by atoms with E-state index in [9.17, 15) is 14.7 Å². The van der Waals surface area contributed by atoms with Gasteiger partial charge in [-0.2, -0.15) is 0 Å². The lowest BCUT2D eigenvalue weighted by Crippen LogP contribution is -2.38. The van der Waals surface area contributed by atoms with Gasteiger partial charge in [0, 0.05) is 22.9 Å². The smallest absolute Gasteiger partial charge is 0.299 e. The number of anilines is 1. The third kappa shape index (κ3) is 3.77. The number of methoxy groups -OCH3 is 1. The number of ketones is 1. The molecule has 0 bridgehead atoms. The van der Waals surface area contributed by atoms with Crippen LogP contribution in [0.15, 0.2) is 64.7 Å². The fourth-order valence-electron chi connectivity index (χ4n) is 5.05. The van der Waals surface area contributed by atoms with Gasteiger partial charge in [0.15, 0.2) is 5.76 Å². The number of aliphatic hydroxyl groups is 1. The average Bonchev–Trinajstić information content (AvgIpc) is 3.60. The van der Waals surface area contributed by atoms with Gasteiger partial charge in [0.25, 0.3) is 11.7 Å². The van der Waals surface area contributed by atoms with Crippen molar-refractivity contribution in [3.8, 4) is 17.1 Å². The number of Topliss-reactive ketones (excluding diaryl/α,β-unsaturated/α-hetero) is 1. The standard InChI is InChI=1S/C27H26N2O5/c1-16-15-22(34-28-16)17-7-11-20(12-8-17)29-24(18-5-3-4-6-18)23(26(31)27(29)32)25(30)19-9-13-21(33-2)14-10-19/h7-15,18,24,30H,3-6H2,1-2H3. The van der Waals surface area contributed by atoms with Crippen LogP contribution in [0.1, 0.15) is 36.9 Å². The molecule has 1 aliphatic carbocycles. The van der Waals surface area contributed by atoms with E-state index in [4.69, 9.17) is 9.26 Å². The Hall–Kier alpha value is -3.87. The van der Waals surface area contributed by atoms with Crippen LogP contribution in [-0.2, 0) is 9.59 Å². The van der Waals surface area contributed by atoms with Crippen LogP contribution in [0.3, 0.4) is 0 Å². The fraction of sp³-hybridized carbons (Fsp3) is 0.296. The number of hydrogen-bond acceptors (Lipinski definition) is 6. The molecule has 1 aliphatic heterocycles. The van der Waals surface area contributed by atoms with Crippen molar-refractivity contribution in [1.82, 2.24) is 5.16 Å². The first-order chi connectivity index (χ1) is 16.5. The predicted octanol–water partition coefficient (Wildman–Crippen LogP) is 5.10. The van der Waals surface area contributed by atoms with Crippen molar-refractivity contribution in [2.24, 2.45) is 5.92 Å². The Labute approximate surface area is 197 Å². The summed E-state index contributed by atoms with van der Waals surface area (Å²) >= 11 is 0. The number of hydrogen-bond donors (Lipinski definition) is 1. The predicted molar refractivity (Wildman–Crippen MR) is 127 cm³/mol. The Bertz CT molecular complexity index is 1250. The van der Waals surface area contributed by atoms with Crippen molar-refractivity contribution in [2.75, 3.05) is 12.0 Å². The zero-order valence-corrected chi connectivity index (χ0v) is 19.2. The van der Waals surface area contributed by atoms with Gasteiger partial charge in [-0.3, -0.25) is 14.5 Å². The fourth-order valence-corrected chi connectivity index (χ4v) is 5.05. The van der Waals surface area contributed by atoms with Gasteiger partial charge in [0.05, 0.1) is 24.4 Å². The first kappa shape index (κ1) is 21.9. The minimum atomic E-state index is -0.653. The number of aryl methyl sites for hydroxylation is 1. The largest absolute Gasteiger partial charge is 0.507 e. The lowest BCUT2D eigenvalue weighted by atomic mass is 9.89. The Morgan fingerprint density at radius 3 is 2.32 bits per heavy atom. The van der Waals surface area contributed by atoms with Gasteiger partial charge < -0.3 is 14.4 Å². The third-order valence-electron chi connectivity index (χ3n) is 6.75. The number of aliphatic hydroxyl groups excluding tert-OH is 1. The summed E-state index contributed by atoms with van der Waals surface area (Å²) in [7, 11) is 1.56. The van der Waals surface area contributed by atoms with E-state index in [0.29, 0.717) is 22.8 Å². The second-order valence-electron chi connectivity index (χ2n) is 8.86. The van der Waals surface area contributed by atoms with E-state index in [0.717, 1.165) is 36.9 Å². The minimum absolute atomic E-state index is 0.0994. The average molecular weight is 459 g/mol. The summed E-state index contributed by atoms with van der Waals surface area (Å²) in [6, 6.07) is 15.5. The molecule has 34 heavy (non-hydrogen) atoms. The Balaban J connectivity index is 1.56. The number of rotatable bonds is 5. The number of carbonyl (C=O) groups is 2. The highest BCUT2D eigenvalue weighted by Gasteiger charge is 2.49. The molecule has 0 radical (unpaired) electrons. The highest BCUT2D eigenvalue weighted by molar-refractivity contribution is 6.51. The first-order valence-electron chi connectivity index (χ1n) is 11.5. The van der Waals surface area contributed by atoms with Crippen LogP contribution in [0.2, 0.25) is 0 Å². The summed E-state index contributed by atoms with van der Waals surface area (Å²) in [5.74, 6) is -0.0312. The molecule has 1 saturated carbocycles. The maximum Gasteiger partial charge on any atom is 0.299 e. The van der Waals surface area contributed by atoms with E-state index in [1.807, 2.05) is 37.3 Å². The maximum atomic E-state index is 13.3. The van der Waals surface area contributed by atoms with Crippen LogP contribution in [-0.4, -0.2) is 35.1 Å². The van der Waals surface area contributed by atoms with Crippen molar-refractivity contribution in [3.05, 3.63) is 71.4 Å². The second kappa shape index (κ2) is 8.82. The van der Waals surface area contributed by atoms with Crippen LogP contribution in [0.25, 0.3) is 17.1 Å². The molecule has 1 saturated heterocycles. The van der Waals surface area contributed by atoms with E-state index in [2.05, 4.69) is 5.16 Å². The molecule has 1 aromatic heterocycles. The van der Waals surface area contributed by atoms with Crippen LogP contribution in [0.5, 0.6) is 5.75 Å². The lowest BCUT2D eigenvalue weighted by Gasteiger charge is -2.29. The molecule has 2 aromatic carbocycles. The number of ether oxygens (including phenoxy) is 1. The maximum absolute atomic E-state index is 13.3. The summed E-state index contributed by atoms with van der Waals surface area (Å²) < 4.78 is 10.5. The van der Waals surface area contributed by atoms with Gasteiger partial charge in [0.1, 0.15) is 11.5 Å². The van der Waals surface area contributed by atoms with Crippen LogP contribution < -0.4 is 9.64 Å². The molecule has 1 N–H and O–H groups in total. The molecule has 1 amide bonds. The normalized spacial score (nSPS) is 20.3. The molecule has 2 heterocycles. The summed E-state index contributed by atoms with van der Waals surface area (Å²) in [5, 5.41) is 15.1. The number of amides is 1. The van der Waals surface area contributed by atoms with Crippen molar-refractivity contribution in [1.29, 1.82) is 0 Å². The highest BCUT2D eigenvalue weighted by atomic mass is 16.5. The van der Waals surface area contributed by atoms with Gasteiger partial charge in [-0.25, -0.2) is 0 Å². The van der Waals surface area contributed by atoms with Gasteiger partial charge >= 0.3 is 0 Å². The van der Waals surface area contributed by atoms with Crippen molar-refractivity contribution >= 4 is 23.1 Å². The van der Waals surface area contributed by atoms with Crippen LogP contribution >= 0.6 is 0 Å². The molecule has 2 aliphatic rings. The zero-order valence-electron chi connectivity index (χ0n) is 19.2. The van der Waals surface area contributed by atoms with Crippen molar-refractivity contribution in [2.45, 2.75) is 38.6 Å². The van der Waals surface area contributed by atoms with Gasteiger partial charge in [-0.1, -0.05) is 18.0 Å². The molecule has 3 aromatic rings. The lowest BCUT2D eigenvalue weighted by molar-refractivity contribution is -0.132. The summed E-state index contributed by atoms with van der Waals surface area (Å²) in [4.78, 5) is 28.0. The van der Waals surface area contributed by atoms with Crippen LogP contribution in [0, 0.1) is 12.8 Å². The van der Waals surface area contributed by atoms with E-state index in [-0.39, 0.29) is 17.3 Å². The Kier molecular flexibility index (Phi) is 5.69. The van der Waals surface area contributed by atoms with E-state index >= 15 is 0 Å². The van der Waals surface area contributed by atoms with Crippen LogP contribution in [0.4, 0.5) is 5.69 Å². The van der Waals surface area contributed by atoms with Crippen molar-refractivity contribution < 1.29 is 24.0 Å². The molecule has 0 spiro atoms. The molecular formula is C27H26N2O5. The van der Waals surface area contributed by atoms with Crippen molar-refractivity contribution in [3.63, 3.8) is 0 Å². The Morgan fingerprint density at radius 1 is 1.06 bits per heavy atom. The van der Waals surface area contributed by atoms with Gasteiger partial charge in [-0.15, -0.1) is 0 Å². The summed E-state index contributed by atoms with van der Waals surface area (Å²) in [6.07, 6.45) is 3.88. The molecule has 174 valence electrons. The molecule has 7 nitrogen and oxygen atoms in total. The van der Waals surface area contributed by atoms with E-state index < -0.39 is 17.7 Å². The quantitative estimate of drug-likeness (QED) is 0.325. The molecule has 1 atom stereocenters. The van der Waals surface area contributed by atoms with Gasteiger partial charge in [-0.05, 0) is 74.2 Å². The minimum Gasteiger partial charge on any atom is -0.507 e. The number of nitrogens with zero attached hydrogens (tertiary/aromatic N) is 2.